The summed E-state index contributed by atoms with van der Waals surface area (Å²) in [5.41, 5.74) is 0.350. The van der Waals surface area contributed by atoms with Crippen LogP contribution in [0.15, 0.2) is 24.3 Å². The molecule has 1 atom stereocenters. The van der Waals surface area contributed by atoms with E-state index in [0.29, 0.717) is 11.3 Å². The number of likely N-dealkylation sites (N-methyl/N-ethyl adjacent to an activating group) is 1. The molecule has 1 aromatic rings. The van der Waals surface area contributed by atoms with Crippen LogP contribution >= 0.6 is 0 Å². The fourth-order valence-corrected chi connectivity index (χ4v) is 1.55. The Morgan fingerprint density at radius 1 is 1.53 bits per heavy atom. The van der Waals surface area contributed by atoms with Gasteiger partial charge in [-0.25, -0.2) is 4.39 Å². The van der Waals surface area contributed by atoms with E-state index in [1.807, 2.05) is 13.8 Å². The lowest BCUT2D eigenvalue weighted by atomic mass is 10.1. The molecule has 19 heavy (non-hydrogen) atoms. The zero-order valence-electron chi connectivity index (χ0n) is 11.6. The average Bonchev–Trinajstić information content (AvgIpc) is 2.37. The van der Waals surface area contributed by atoms with Gasteiger partial charge in [0.05, 0.1) is 0 Å². The molecule has 1 N–H and O–H groups in total. The smallest absolute Gasteiger partial charge is 0.152 e. The van der Waals surface area contributed by atoms with Gasteiger partial charge in [0.25, 0.3) is 0 Å². The van der Waals surface area contributed by atoms with Gasteiger partial charge < -0.3 is 10.1 Å². The highest BCUT2D eigenvalue weighted by Crippen LogP contribution is 2.19. The van der Waals surface area contributed by atoms with Crippen molar-refractivity contribution >= 4 is 11.9 Å². The van der Waals surface area contributed by atoms with Gasteiger partial charge in [0.2, 0.25) is 0 Å². The minimum atomic E-state index is -0.371. The predicted molar refractivity (Wildman–Crippen MR) is 74.7 cm³/mol. The monoisotopic (exact) mass is 265 g/mol. The summed E-state index contributed by atoms with van der Waals surface area (Å²) < 4.78 is 19.2. The van der Waals surface area contributed by atoms with E-state index < -0.39 is 0 Å². The van der Waals surface area contributed by atoms with Gasteiger partial charge in [-0.05, 0) is 50.7 Å². The topological polar surface area (TPSA) is 38.3 Å². The van der Waals surface area contributed by atoms with E-state index in [1.165, 1.54) is 25.1 Å². The van der Waals surface area contributed by atoms with Gasteiger partial charge in [0.1, 0.15) is 17.7 Å². The minimum absolute atomic E-state index is 0.00459. The summed E-state index contributed by atoms with van der Waals surface area (Å²) in [7, 11) is 0. The third kappa shape index (κ3) is 5.66. The molecule has 0 aliphatic rings. The van der Waals surface area contributed by atoms with Crippen molar-refractivity contribution in [2.24, 2.45) is 0 Å². The number of hydrogen-bond acceptors (Lipinski definition) is 3. The van der Waals surface area contributed by atoms with Crippen molar-refractivity contribution in [2.75, 3.05) is 13.1 Å². The first-order chi connectivity index (χ1) is 9.02. The average molecular weight is 265 g/mol. The zero-order chi connectivity index (χ0) is 14.3. The summed E-state index contributed by atoms with van der Waals surface area (Å²) in [5, 5.41) is 3.18. The fourth-order valence-electron chi connectivity index (χ4n) is 1.55. The van der Waals surface area contributed by atoms with Crippen LogP contribution in [0.2, 0.25) is 0 Å². The van der Waals surface area contributed by atoms with Crippen LogP contribution in [0.5, 0.6) is 5.75 Å². The van der Waals surface area contributed by atoms with Crippen LogP contribution in [-0.4, -0.2) is 25.0 Å². The lowest BCUT2D eigenvalue weighted by molar-refractivity contribution is -0.112. The van der Waals surface area contributed by atoms with Gasteiger partial charge in [-0.2, -0.15) is 0 Å². The number of rotatable bonds is 7. The molecule has 104 valence electrons. The van der Waals surface area contributed by atoms with E-state index in [2.05, 4.69) is 5.32 Å². The van der Waals surface area contributed by atoms with Crippen molar-refractivity contribution in [2.45, 2.75) is 26.9 Å². The maximum absolute atomic E-state index is 13.5. The summed E-state index contributed by atoms with van der Waals surface area (Å²) in [4.78, 5) is 10.9. The Morgan fingerprint density at radius 3 is 2.89 bits per heavy atom. The van der Waals surface area contributed by atoms with Crippen molar-refractivity contribution in [1.29, 1.82) is 0 Å². The van der Waals surface area contributed by atoms with Gasteiger partial charge in [0.15, 0.2) is 5.78 Å². The molecular formula is C15H20FNO2. The molecule has 0 aromatic heterocycles. The standard InChI is InChI=1S/C15H20FNO2/c1-4-17-10-12(3)19-14-7-8-15(16)13(9-14)6-5-11(2)18/h5-9,12,17H,4,10H2,1-3H3/b6-5+/t12-/m0/s1. The Bertz CT molecular complexity index is 457. The van der Waals surface area contributed by atoms with Crippen molar-refractivity contribution in [3.05, 3.63) is 35.7 Å². The number of halogens is 1. The minimum Gasteiger partial charge on any atom is -0.489 e. The van der Waals surface area contributed by atoms with Crippen LogP contribution in [-0.2, 0) is 4.79 Å². The van der Waals surface area contributed by atoms with Crippen molar-refractivity contribution < 1.29 is 13.9 Å². The van der Waals surface area contributed by atoms with Crippen molar-refractivity contribution in [3.63, 3.8) is 0 Å². The number of ketones is 1. The molecule has 0 unspecified atom stereocenters. The summed E-state index contributed by atoms with van der Waals surface area (Å²) in [6, 6.07) is 4.52. The third-order valence-electron chi connectivity index (χ3n) is 2.48. The fraction of sp³-hybridized carbons (Fsp3) is 0.400. The van der Waals surface area contributed by atoms with E-state index in [9.17, 15) is 9.18 Å². The Balaban J connectivity index is 2.75. The number of carbonyl (C=O) groups excluding carboxylic acids is 1. The zero-order valence-corrected chi connectivity index (χ0v) is 11.6. The van der Waals surface area contributed by atoms with E-state index >= 15 is 0 Å². The number of carbonyl (C=O) groups is 1. The first-order valence-corrected chi connectivity index (χ1v) is 6.38. The molecule has 0 spiro atoms. The Hall–Kier alpha value is -1.68. The number of nitrogens with one attached hydrogen (secondary N) is 1. The number of allylic oxidation sites excluding steroid dienone is 1. The van der Waals surface area contributed by atoms with Crippen LogP contribution in [0.1, 0.15) is 26.3 Å². The molecular weight excluding hydrogens is 245 g/mol. The number of hydrogen-bond donors (Lipinski definition) is 1. The Kier molecular flexibility index (Phi) is 6.22. The third-order valence-corrected chi connectivity index (χ3v) is 2.48. The van der Waals surface area contributed by atoms with Crippen LogP contribution in [0.25, 0.3) is 6.08 Å². The van der Waals surface area contributed by atoms with Gasteiger partial charge in [-0.3, -0.25) is 4.79 Å². The number of ether oxygens (including phenoxy) is 1. The molecule has 0 radical (unpaired) electrons. The SMILES string of the molecule is CCNC[C@H](C)Oc1ccc(F)c(/C=C/C(C)=O)c1. The van der Waals surface area contributed by atoms with Crippen LogP contribution in [0, 0.1) is 5.82 Å². The summed E-state index contributed by atoms with van der Waals surface area (Å²) in [5.74, 6) is 0.102. The molecule has 1 rings (SSSR count). The maximum Gasteiger partial charge on any atom is 0.152 e. The molecule has 3 nitrogen and oxygen atoms in total. The molecule has 0 aliphatic carbocycles. The van der Waals surface area contributed by atoms with Gasteiger partial charge >= 0.3 is 0 Å². The van der Waals surface area contributed by atoms with Gasteiger partial charge in [0, 0.05) is 12.1 Å². The highest BCUT2D eigenvalue weighted by atomic mass is 19.1. The Labute approximate surface area is 113 Å². The van der Waals surface area contributed by atoms with E-state index in [1.54, 1.807) is 12.1 Å². The largest absolute Gasteiger partial charge is 0.489 e. The molecule has 0 bridgehead atoms. The van der Waals surface area contributed by atoms with E-state index in [4.69, 9.17) is 4.74 Å². The highest BCUT2D eigenvalue weighted by Gasteiger charge is 2.06. The molecule has 4 heteroatoms. The summed E-state index contributed by atoms with van der Waals surface area (Å²) in [6.07, 6.45) is 2.79. The lowest BCUT2D eigenvalue weighted by Gasteiger charge is -2.15. The summed E-state index contributed by atoms with van der Waals surface area (Å²) >= 11 is 0. The molecule has 0 heterocycles. The molecule has 1 aromatic carbocycles. The van der Waals surface area contributed by atoms with Crippen molar-refractivity contribution in [3.8, 4) is 5.75 Å². The molecule has 0 fully saturated rings. The van der Waals surface area contributed by atoms with E-state index in [0.717, 1.165) is 13.1 Å². The highest BCUT2D eigenvalue weighted by molar-refractivity contribution is 5.91. The molecule has 0 aliphatic heterocycles. The summed E-state index contributed by atoms with van der Waals surface area (Å²) in [6.45, 7) is 7.00. The van der Waals surface area contributed by atoms with Crippen LogP contribution in [0.4, 0.5) is 4.39 Å². The first-order valence-electron chi connectivity index (χ1n) is 6.38. The second-order valence-electron chi connectivity index (χ2n) is 4.36. The molecule has 0 saturated carbocycles. The van der Waals surface area contributed by atoms with Crippen molar-refractivity contribution in [1.82, 2.24) is 5.32 Å². The van der Waals surface area contributed by atoms with Crippen LogP contribution in [0.3, 0.4) is 0 Å². The second kappa shape index (κ2) is 7.69. The first kappa shape index (κ1) is 15.4. The quantitative estimate of drug-likeness (QED) is 0.770. The maximum atomic E-state index is 13.5. The molecule has 0 amide bonds. The normalized spacial score (nSPS) is 12.6. The van der Waals surface area contributed by atoms with Gasteiger partial charge in [-0.1, -0.05) is 6.92 Å². The van der Waals surface area contributed by atoms with E-state index in [-0.39, 0.29) is 17.7 Å². The molecule has 0 saturated heterocycles. The number of benzene rings is 1. The van der Waals surface area contributed by atoms with Gasteiger partial charge in [-0.15, -0.1) is 0 Å². The predicted octanol–water partition coefficient (Wildman–Crippen LogP) is 2.80. The second-order valence-corrected chi connectivity index (χ2v) is 4.36. The lowest BCUT2D eigenvalue weighted by Crippen LogP contribution is -2.28. The van der Waals surface area contributed by atoms with Crippen LogP contribution < -0.4 is 10.1 Å². The Morgan fingerprint density at radius 2 is 2.26 bits per heavy atom.